The smallest absolute Gasteiger partial charge is 0.306 e. The molecule has 160 valence electrons. The summed E-state index contributed by atoms with van der Waals surface area (Å²) in [6.07, 6.45) is 4.96. The van der Waals surface area contributed by atoms with E-state index in [4.69, 9.17) is 4.74 Å². The van der Waals surface area contributed by atoms with Crippen LogP contribution in [0.15, 0.2) is 30.3 Å². The highest BCUT2D eigenvalue weighted by Crippen LogP contribution is 2.46. The van der Waals surface area contributed by atoms with Gasteiger partial charge in [-0.25, -0.2) is 0 Å². The number of aryl methyl sites for hydroxylation is 1. The lowest BCUT2D eigenvalue weighted by Gasteiger charge is -2.24. The van der Waals surface area contributed by atoms with E-state index in [0.717, 1.165) is 48.8 Å². The molecule has 3 rings (SSSR count). The minimum Gasteiger partial charge on any atom is -0.456 e. The van der Waals surface area contributed by atoms with Crippen molar-refractivity contribution in [2.24, 2.45) is 0 Å². The Labute approximate surface area is 180 Å². The topological polar surface area (TPSA) is 43.4 Å². The average Bonchev–Trinajstić information content (AvgIpc) is 3.00. The Bertz CT molecular complexity index is 941. The molecule has 0 bridgehead atoms. The molecule has 0 N–H and O–H groups in total. The number of esters is 1. The maximum atomic E-state index is 13.4. The molecule has 2 unspecified atom stereocenters. The van der Waals surface area contributed by atoms with Gasteiger partial charge in [0.1, 0.15) is 6.10 Å². The van der Waals surface area contributed by atoms with Crippen LogP contribution in [0.2, 0.25) is 0 Å². The molecule has 0 aliphatic heterocycles. The molecule has 0 radical (unpaired) electrons. The van der Waals surface area contributed by atoms with Gasteiger partial charge in [0.2, 0.25) is 0 Å². The van der Waals surface area contributed by atoms with Gasteiger partial charge < -0.3 is 4.74 Å². The number of carbonyl (C=O) groups excluding carboxylic acids is 2. The second-order valence-corrected chi connectivity index (χ2v) is 8.52. The normalized spacial score (nSPS) is 17.8. The van der Waals surface area contributed by atoms with Crippen molar-refractivity contribution >= 4 is 11.8 Å². The number of ketones is 1. The van der Waals surface area contributed by atoms with Gasteiger partial charge in [0.25, 0.3) is 0 Å². The Morgan fingerprint density at radius 3 is 2.40 bits per heavy atom. The van der Waals surface area contributed by atoms with Crippen molar-refractivity contribution in [2.75, 3.05) is 0 Å². The molecule has 0 fully saturated rings. The van der Waals surface area contributed by atoms with E-state index in [1.165, 1.54) is 16.7 Å². The molecule has 2 aromatic rings. The first kappa shape index (κ1) is 22.3. The number of carbonyl (C=O) groups is 2. The number of unbranched alkanes of at least 4 members (excludes halogenated alkanes) is 3. The molecule has 0 saturated heterocycles. The Hall–Kier alpha value is -2.42. The molecule has 0 spiro atoms. The summed E-state index contributed by atoms with van der Waals surface area (Å²) in [5.74, 6) is -0.618. The van der Waals surface area contributed by atoms with Gasteiger partial charge in [-0.1, -0.05) is 63.4 Å². The van der Waals surface area contributed by atoms with E-state index in [1.54, 1.807) is 0 Å². The van der Waals surface area contributed by atoms with E-state index in [2.05, 4.69) is 40.7 Å². The highest BCUT2D eigenvalue weighted by molar-refractivity contribution is 6.06. The molecule has 2 atom stereocenters. The zero-order chi connectivity index (χ0) is 21.8. The Morgan fingerprint density at radius 2 is 1.70 bits per heavy atom. The van der Waals surface area contributed by atoms with Crippen molar-refractivity contribution < 1.29 is 14.3 Å². The van der Waals surface area contributed by atoms with Crippen LogP contribution in [0.1, 0.15) is 102 Å². The van der Waals surface area contributed by atoms with Crippen molar-refractivity contribution in [3.63, 3.8) is 0 Å². The number of rotatable bonds is 8. The third-order valence-corrected chi connectivity index (χ3v) is 6.60. The summed E-state index contributed by atoms with van der Waals surface area (Å²) >= 11 is 0. The van der Waals surface area contributed by atoms with Crippen molar-refractivity contribution in [3.8, 4) is 0 Å². The van der Waals surface area contributed by atoms with Crippen LogP contribution in [0.5, 0.6) is 0 Å². The van der Waals surface area contributed by atoms with Gasteiger partial charge in [-0.2, -0.15) is 0 Å². The zero-order valence-electron chi connectivity index (χ0n) is 19.0. The number of hydrogen-bond donors (Lipinski definition) is 0. The molecular formula is C27H34O3. The number of hydrogen-bond acceptors (Lipinski definition) is 3. The fourth-order valence-electron chi connectivity index (χ4n) is 4.82. The second-order valence-electron chi connectivity index (χ2n) is 8.52. The summed E-state index contributed by atoms with van der Waals surface area (Å²) in [5, 5.41) is 0. The molecule has 30 heavy (non-hydrogen) atoms. The van der Waals surface area contributed by atoms with Gasteiger partial charge in [-0.05, 0) is 61.4 Å². The van der Waals surface area contributed by atoms with Gasteiger partial charge >= 0.3 is 5.97 Å². The van der Waals surface area contributed by atoms with Crippen molar-refractivity contribution in [2.45, 2.75) is 85.2 Å². The third kappa shape index (κ3) is 4.21. The first-order valence-electron chi connectivity index (χ1n) is 11.3. The fourth-order valence-corrected chi connectivity index (χ4v) is 4.82. The van der Waals surface area contributed by atoms with Crippen LogP contribution in [0.4, 0.5) is 0 Å². The maximum Gasteiger partial charge on any atom is 0.306 e. The number of benzene rings is 2. The van der Waals surface area contributed by atoms with Gasteiger partial charge in [0.15, 0.2) is 5.78 Å². The molecule has 1 aliphatic rings. The molecular weight excluding hydrogens is 372 g/mol. The highest BCUT2D eigenvalue weighted by atomic mass is 16.5. The molecule has 0 heterocycles. The summed E-state index contributed by atoms with van der Waals surface area (Å²) in [5.41, 5.74) is 7.41. The number of ether oxygens (including phenoxy) is 1. The summed E-state index contributed by atoms with van der Waals surface area (Å²) in [4.78, 5) is 26.1. The summed E-state index contributed by atoms with van der Waals surface area (Å²) in [7, 11) is 0. The van der Waals surface area contributed by atoms with E-state index >= 15 is 0 Å². The van der Waals surface area contributed by atoms with Gasteiger partial charge in [0, 0.05) is 17.5 Å². The predicted molar refractivity (Wildman–Crippen MR) is 121 cm³/mol. The predicted octanol–water partition coefficient (Wildman–Crippen LogP) is 6.71. The highest BCUT2D eigenvalue weighted by Gasteiger charge is 2.43. The fraction of sp³-hybridized carbons (Fsp3) is 0.481. The standard InChI is InChI=1S/C27H34O3/c1-6-8-9-10-15-24(28)30-27-22-14-12-11-13-21(22)26(29)25(27)23-16-17(3)20(7-2)18(4)19(23)5/h11-14,16,25,27H,6-10,15H2,1-5H3. The zero-order valence-corrected chi connectivity index (χ0v) is 19.0. The monoisotopic (exact) mass is 406 g/mol. The Morgan fingerprint density at radius 1 is 0.967 bits per heavy atom. The van der Waals surface area contributed by atoms with E-state index in [-0.39, 0.29) is 11.8 Å². The average molecular weight is 407 g/mol. The minimum atomic E-state index is -0.544. The maximum absolute atomic E-state index is 13.4. The molecule has 1 aliphatic carbocycles. The lowest BCUT2D eigenvalue weighted by Crippen LogP contribution is -2.19. The van der Waals surface area contributed by atoms with Crippen LogP contribution < -0.4 is 0 Å². The van der Waals surface area contributed by atoms with Crippen molar-refractivity contribution in [1.82, 2.24) is 0 Å². The van der Waals surface area contributed by atoms with Crippen molar-refractivity contribution in [1.29, 1.82) is 0 Å². The Kier molecular flexibility index (Phi) is 7.12. The summed E-state index contributed by atoms with van der Waals surface area (Å²) < 4.78 is 5.99. The minimum absolute atomic E-state index is 0.0560. The number of fused-ring (bicyclic) bond motifs is 1. The first-order valence-corrected chi connectivity index (χ1v) is 11.3. The number of Topliss-reactive ketones (excluding diaryl/α,β-unsaturated/α-hetero) is 1. The van der Waals surface area contributed by atoms with Crippen LogP contribution in [0.25, 0.3) is 0 Å². The van der Waals surface area contributed by atoms with E-state index < -0.39 is 12.0 Å². The summed E-state index contributed by atoms with van der Waals surface area (Å²) in [6.45, 7) is 10.6. The lowest BCUT2D eigenvalue weighted by atomic mass is 9.84. The molecule has 0 aromatic heterocycles. The molecule has 0 amide bonds. The van der Waals surface area contributed by atoms with Crippen LogP contribution in [-0.2, 0) is 16.0 Å². The van der Waals surface area contributed by atoms with E-state index in [0.29, 0.717) is 12.0 Å². The van der Waals surface area contributed by atoms with E-state index in [9.17, 15) is 9.59 Å². The lowest BCUT2D eigenvalue weighted by molar-refractivity contribution is -0.149. The first-order chi connectivity index (χ1) is 14.4. The van der Waals surface area contributed by atoms with Crippen LogP contribution in [-0.4, -0.2) is 11.8 Å². The largest absolute Gasteiger partial charge is 0.456 e. The Balaban J connectivity index is 1.97. The van der Waals surface area contributed by atoms with Crippen LogP contribution in [0.3, 0.4) is 0 Å². The van der Waals surface area contributed by atoms with Crippen LogP contribution in [0, 0.1) is 20.8 Å². The second kappa shape index (κ2) is 9.59. The molecule has 3 nitrogen and oxygen atoms in total. The van der Waals surface area contributed by atoms with Crippen LogP contribution >= 0.6 is 0 Å². The molecule has 2 aromatic carbocycles. The van der Waals surface area contributed by atoms with Gasteiger partial charge in [-0.3, -0.25) is 9.59 Å². The quantitative estimate of drug-likeness (QED) is 0.361. The van der Waals surface area contributed by atoms with Gasteiger partial charge in [-0.15, -0.1) is 0 Å². The van der Waals surface area contributed by atoms with Crippen molar-refractivity contribution in [3.05, 3.63) is 69.3 Å². The van der Waals surface area contributed by atoms with Gasteiger partial charge in [0.05, 0.1) is 5.92 Å². The summed E-state index contributed by atoms with van der Waals surface area (Å²) in [6, 6.07) is 9.72. The van der Waals surface area contributed by atoms with E-state index in [1.807, 2.05) is 24.3 Å². The molecule has 0 saturated carbocycles. The third-order valence-electron chi connectivity index (χ3n) is 6.60. The SMILES string of the molecule is CCCCCCC(=O)OC1c2ccccc2C(=O)C1c1cc(C)c(CC)c(C)c1C. The molecule has 3 heteroatoms.